The van der Waals surface area contributed by atoms with E-state index in [2.05, 4.69) is 76.9 Å². The van der Waals surface area contributed by atoms with E-state index in [9.17, 15) is 0 Å². The van der Waals surface area contributed by atoms with Crippen LogP contribution in [0, 0.1) is 13.8 Å². The fraction of sp³-hybridized carbons (Fsp3) is 0.316. The Labute approximate surface area is 142 Å². The Hall–Kier alpha value is -1.61. The molecule has 2 aromatic carbocycles. The van der Waals surface area contributed by atoms with Gasteiger partial charge in [0.25, 0.3) is 0 Å². The third-order valence-corrected chi connectivity index (χ3v) is 4.64. The van der Waals surface area contributed by atoms with Gasteiger partial charge in [-0.1, -0.05) is 40.2 Å². The topological polar surface area (TPSA) is 15.6 Å². The fourth-order valence-electron chi connectivity index (χ4n) is 2.32. The van der Waals surface area contributed by atoms with Crippen LogP contribution in [0.15, 0.2) is 45.9 Å². The SMILES string of the molecule is CCN(C)/C=N\c1cc(C)cc(Cc2ccccc2Br)c1C. The lowest BCUT2D eigenvalue weighted by atomic mass is 9.97. The van der Waals surface area contributed by atoms with Crippen molar-refractivity contribution in [2.45, 2.75) is 27.2 Å². The Morgan fingerprint density at radius 1 is 1.14 bits per heavy atom. The molecule has 0 bridgehead atoms. The van der Waals surface area contributed by atoms with Crippen molar-refractivity contribution in [1.29, 1.82) is 0 Å². The molecule has 3 heteroatoms. The molecule has 22 heavy (non-hydrogen) atoms. The van der Waals surface area contributed by atoms with Crippen LogP contribution in [0.5, 0.6) is 0 Å². The summed E-state index contributed by atoms with van der Waals surface area (Å²) in [5.41, 5.74) is 6.19. The highest BCUT2D eigenvalue weighted by Gasteiger charge is 2.08. The number of nitrogens with zero attached hydrogens (tertiary/aromatic N) is 2. The second kappa shape index (κ2) is 7.59. The zero-order valence-electron chi connectivity index (χ0n) is 13.7. The molecular formula is C19H23BrN2. The smallest absolute Gasteiger partial charge is 0.0909 e. The molecule has 0 radical (unpaired) electrons. The van der Waals surface area contributed by atoms with Gasteiger partial charge < -0.3 is 4.90 Å². The van der Waals surface area contributed by atoms with Crippen LogP contribution in [-0.4, -0.2) is 24.8 Å². The predicted octanol–water partition coefficient (Wildman–Crippen LogP) is 5.27. The summed E-state index contributed by atoms with van der Waals surface area (Å²) in [6.45, 7) is 7.36. The first-order valence-electron chi connectivity index (χ1n) is 7.59. The molecule has 0 amide bonds. The lowest BCUT2D eigenvalue weighted by molar-refractivity contribution is 0.552. The third kappa shape index (κ3) is 4.20. The average molecular weight is 359 g/mol. The Bertz CT molecular complexity index is 677. The summed E-state index contributed by atoms with van der Waals surface area (Å²) >= 11 is 3.64. The van der Waals surface area contributed by atoms with Crippen LogP contribution >= 0.6 is 15.9 Å². The summed E-state index contributed by atoms with van der Waals surface area (Å²) in [7, 11) is 2.04. The average Bonchev–Trinajstić information content (AvgIpc) is 2.50. The summed E-state index contributed by atoms with van der Waals surface area (Å²) in [6.07, 6.45) is 2.82. The van der Waals surface area contributed by atoms with Crippen LogP contribution in [0.2, 0.25) is 0 Å². The minimum absolute atomic E-state index is 0.918. The Morgan fingerprint density at radius 3 is 2.55 bits per heavy atom. The van der Waals surface area contributed by atoms with Crippen molar-refractivity contribution < 1.29 is 0 Å². The van der Waals surface area contributed by atoms with Crippen molar-refractivity contribution in [3.63, 3.8) is 0 Å². The summed E-state index contributed by atoms with van der Waals surface area (Å²) in [5, 5.41) is 0. The van der Waals surface area contributed by atoms with Crippen LogP contribution in [0.3, 0.4) is 0 Å². The first kappa shape index (κ1) is 16.8. The molecule has 0 unspecified atom stereocenters. The molecule has 0 saturated carbocycles. The van der Waals surface area contributed by atoms with Crippen molar-refractivity contribution in [3.05, 3.63) is 63.1 Å². The van der Waals surface area contributed by atoms with Gasteiger partial charge in [-0.3, -0.25) is 0 Å². The van der Waals surface area contributed by atoms with Gasteiger partial charge in [-0.2, -0.15) is 0 Å². The monoisotopic (exact) mass is 358 g/mol. The van der Waals surface area contributed by atoms with Crippen molar-refractivity contribution >= 4 is 28.0 Å². The Morgan fingerprint density at radius 2 is 1.86 bits per heavy atom. The maximum atomic E-state index is 4.65. The summed E-state index contributed by atoms with van der Waals surface area (Å²) < 4.78 is 1.16. The van der Waals surface area contributed by atoms with Gasteiger partial charge in [-0.25, -0.2) is 4.99 Å². The maximum absolute atomic E-state index is 4.65. The highest BCUT2D eigenvalue weighted by Crippen LogP contribution is 2.28. The lowest BCUT2D eigenvalue weighted by Gasteiger charge is -2.13. The molecule has 0 N–H and O–H groups in total. The summed E-state index contributed by atoms with van der Waals surface area (Å²) in [5.74, 6) is 0. The maximum Gasteiger partial charge on any atom is 0.0909 e. The molecule has 0 heterocycles. The van der Waals surface area contributed by atoms with Gasteiger partial charge in [-0.05, 0) is 61.6 Å². The third-order valence-electron chi connectivity index (χ3n) is 3.86. The van der Waals surface area contributed by atoms with E-state index in [1.165, 1.54) is 22.3 Å². The zero-order valence-corrected chi connectivity index (χ0v) is 15.3. The second-order valence-electron chi connectivity index (χ2n) is 5.65. The molecule has 0 aromatic heterocycles. The second-order valence-corrected chi connectivity index (χ2v) is 6.51. The van der Waals surface area contributed by atoms with Crippen LogP contribution in [-0.2, 0) is 6.42 Å². The van der Waals surface area contributed by atoms with E-state index in [1.54, 1.807) is 0 Å². The Kier molecular flexibility index (Phi) is 5.78. The molecule has 2 rings (SSSR count). The first-order valence-corrected chi connectivity index (χ1v) is 8.38. The van der Waals surface area contributed by atoms with Crippen LogP contribution in [0.1, 0.15) is 29.2 Å². The molecule has 2 aromatic rings. The molecule has 0 saturated heterocycles. The van der Waals surface area contributed by atoms with Crippen LogP contribution in [0.4, 0.5) is 5.69 Å². The van der Waals surface area contributed by atoms with E-state index in [-0.39, 0.29) is 0 Å². The molecule has 0 aliphatic rings. The van der Waals surface area contributed by atoms with Crippen LogP contribution < -0.4 is 0 Å². The zero-order chi connectivity index (χ0) is 16.1. The van der Waals surface area contributed by atoms with Gasteiger partial charge in [0.2, 0.25) is 0 Å². The van der Waals surface area contributed by atoms with Gasteiger partial charge in [-0.15, -0.1) is 0 Å². The van der Waals surface area contributed by atoms with E-state index in [0.717, 1.165) is 23.1 Å². The van der Waals surface area contributed by atoms with E-state index in [1.807, 2.05) is 19.5 Å². The highest BCUT2D eigenvalue weighted by atomic mass is 79.9. The predicted molar refractivity (Wildman–Crippen MR) is 99.3 cm³/mol. The van der Waals surface area contributed by atoms with Crippen molar-refractivity contribution in [2.24, 2.45) is 4.99 Å². The van der Waals surface area contributed by atoms with Crippen molar-refractivity contribution in [2.75, 3.05) is 13.6 Å². The van der Waals surface area contributed by atoms with Gasteiger partial charge >= 0.3 is 0 Å². The number of aliphatic imine (C=N–C) groups is 1. The molecule has 0 atom stereocenters. The number of hydrogen-bond donors (Lipinski definition) is 0. The van der Waals surface area contributed by atoms with E-state index in [0.29, 0.717) is 0 Å². The fourth-order valence-corrected chi connectivity index (χ4v) is 2.75. The number of hydrogen-bond acceptors (Lipinski definition) is 1. The normalized spacial score (nSPS) is 11.1. The van der Waals surface area contributed by atoms with E-state index in [4.69, 9.17) is 0 Å². The Balaban J connectivity index is 2.35. The van der Waals surface area contributed by atoms with Gasteiger partial charge in [0.05, 0.1) is 12.0 Å². The molecule has 0 fully saturated rings. The standard InChI is InChI=1S/C19H23BrN2/c1-5-22(4)13-21-19-11-14(2)10-17(15(19)3)12-16-8-6-7-9-18(16)20/h6-11,13H,5,12H2,1-4H3/b21-13-. The molecule has 0 aliphatic heterocycles. The van der Waals surface area contributed by atoms with E-state index >= 15 is 0 Å². The lowest BCUT2D eigenvalue weighted by Crippen LogP contribution is -2.14. The number of benzene rings is 2. The minimum Gasteiger partial charge on any atom is -0.366 e. The number of rotatable bonds is 5. The largest absolute Gasteiger partial charge is 0.366 e. The van der Waals surface area contributed by atoms with Crippen molar-refractivity contribution in [3.8, 4) is 0 Å². The molecule has 116 valence electrons. The molecule has 0 spiro atoms. The van der Waals surface area contributed by atoms with Gasteiger partial charge in [0.1, 0.15) is 0 Å². The molecular weight excluding hydrogens is 336 g/mol. The van der Waals surface area contributed by atoms with Gasteiger partial charge in [0, 0.05) is 18.1 Å². The highest BCUT2D eigenvalue weighted by molar-refractivity contribution is 9.10. The summed E-state index contributed by atoms with van der Waals surface area (Å²) in [4.78, 5) is 6.73. The number of aryl methyl sites for hydroxylation is 1. The molecule has 0 aliphatic carbocycles. The summed E-state index contributed by atoms with van der Waals surface area (Å²) in [6, 6.07) is 12.8. The first-order chi connectivity index (χ1) is 10.5. The van der Waals surface area contributed by atoms with E-state index < -0.39 is 0 Å². The number of halogens is 1. The van der Waals surface area contributed by atoms with Crippen molar-refractivity contribution in [1.82, 2.24) is 4.90 Å². The molecule has 2 nitrogen and oxygen atoms in total. The van der Waals surface area contributed by atoms with Gasteiger partial charge in [0.15, 0.2) is 0 Å². The minimum atomic E-state index is 0.918. The quantitative estimate of drug-likeness (QED) is 0.525. The van der Waals surface area contributed by atoms with Crippen LogP contribution in [0.25, 0.3) is 0 Å².